The first-order valence-corrected chi connectivity index (χ1v) is 7.39. The van der Waals surface area contributed by atoms with E-state index in [1.54, 1.807) is 30.2 Å². The van der Waals surface area contributed by atoms with Gasteiger partial charge in [0.25, 0.3) is 5.91 Å². The van der Waals surface area contributed by atoms with Gasteiger partial charge in [-0.05, 0) is 38.0 Å². The quantitative estimate of drug-likeness (QED) is 0.900. The fraction of sp³-hybridized carbons (Fsp3) is 0.500. The van der Waals surface area contributed by atoms with E-state index in [1.807, 2.05) is 6.92 Å². The fourth-order valence-corrected chi connectivity index (χ4v) is 2.62. The smallest absolute Gasteiger partial charge is 0.308 e. The molecule has 1 fully saturated rings. The molecule has 1 N–H and O–H groups in total. The second kappa shape index (κ2) is 7.15. The van der Waals surface area contributed by atoms with Crippen molar-refractivity contribution in [3.8, 4) is 11.5 Å². The van der Waals surface area contributed by atoms with Gasteiger partial charge in [-0.25, -0.2) is 0 Å². The Bertz CT molecular complexity index is 557. The van der Waals surface area contributed by atoms with Crippen molar-refractivity contribution in [2.24, 2.45) is 5.92 Å². The Labute approximate surface area is 129 Å². The predicted molar refractivity (Wildman–Crippen MR) is 80.4 cm³/mol. The molecule has 1 aromatic rings. The fourth-order valence-electron chi connectivity index (χ4n) is 2.62. The number of aliphatic carboxylic acids is 1. The first-order valence-electron chi connectivity index (χ1n) is 7.39. The molecule has 1 unspecified atom stereocenters. The van der Waals surface area contributed by atoms with Crippen molar-refractivity contribution in [3.63, 3.8) is 0 Å². The van der Waals surface area contributed by atoms with Crippen molar-refractivity contribution in [2.45, 2.75) is 19.8 Å². The summed E-state index contributed by atoms with van der Waals surface area (Å²) in [5.41, 5.74) is 0.482. The van der Waals surface area contributed by atoms with Gasteiger partial charge in [-0.1, -0.05) is 0 Å². The lowest BCUT2D eigenvalue weighted by Gasteiger charge is -2.30. The molecule has 2 rings (SSSR count). The monoisotopic (exact) mass is 307 g/mol. The van der Waals surface area contributed by atoms with Crippen molar-refractivity contribution in [2.75, 3.05) is 26.8 Å². The molecule has 0 aliphatic carbocycles. The number of hydrogen-bond acceptors (Lipinski definition) is 4. The van der Waals surface area contributed by atoms with Crippen LogP contribution in [0.2, 0.25) is 0 Å². The highest BCUT2D eigenvalue weighted by Gasteiger charge is 2.29. The van der Waals surface area contributed by atoms with Crippen molar-refractivity contribution < 1.29 is 24.2 Å². The van der Waals surface area contributed by atoms with Crippen LogP contribution in [0.3, 0.4) is 0 Å². The van der Waals surface area contributed by atoms with Crippen LogP contribution in [-0.2, 0) is 4.79 Å². The van der Waals surface area contributed by atoms with Gasteiger partial charge >= 0.3 is 5.97 Å². The van der Waals surface area contributed by atoms with E-state index >= 15 is 0 Å². The molecule has 1 aliphatic heterocycles. The lowest BCUT2D eigenvalue weighted by molar-refractivity contribution is -0.143. The minimum absolute atomic E-state index is 0.172. The van der Waals surface area contributed by atoms with Crippen LogP contribution in [0, 0.1) is 5.92 Å². The molecular formula is C16H21NO5. The summed E-state index contributed by atoms with van der Waals surface area (Å²) >= 11 is 0. The molecule has 0 aromatic heterocycles. The summed E-state index contributed by atoms with van der Waals surface area (Å²) in [5.74, 6) is -0.415. The molecule has 1 amide bonds. The largest absolute Gasteiger partial charge is 0.493 e. The molecule has 6 nitrogen and oxygen atoms in total. The van der Waals surface area contributed by atoms with Gasteiger partial charge < -0.3 is 19.5 Å². The van der Waals surface area contributed by atoms with Gasteiger partial charge in [0.05, 0.1) is 19.6 Å². The Balaban J connectivity index is 2.18. The topological polar surface area (TPSA) is 76.1 Å². The zero-order chi connectivity index (χ0) is 16.1. The summed E-state index contributed by atoms with van der Waals surface area (Å²) in [4.78, 5) is 25.3. The highest BCUT2D eigenvalue weighted by Crippen LogP contribution is 2.29. The second-order valence-corrected chi connectivity index (χ2v) is 5.23. The van der Waals surface area contributed by atoms with Gasteiger partial charge in [0, 0.05) is 18.7 Å². The maximum Gasteiger partial charge on any atom is 0.308 e. The number of carbonyl (C=O) groups excluding carboxylic acids is 1. The Hall–Kier alpha value is -2.24. The van der Waals surface area contributed by atoms with Gasteiger partial charge in [-0.2, -0.15) is 0 Å². The molecule has 0 radical (unpaired) electrons. The first kappa shape index (κ1) is 16.1. The molecule has 1 heterocycles. The number of carboxylic acid groups (broad SMARTS) is 1. The van der Waals surface area contributed by atoms with Crippen LogP contribution in [0.25, 0.3) is 0 Å². The maximum atomic E-state index is 12.6. The molecule has 0 bridgehead atoms. The van der Waals surface area contributed by atoms with Crippen LogP contribution in [0.4, 0.5) is 0 Å². The Morgan fingerprint density at radius 3 is 2.77 bits per heavy atom. The maximum absolute atomic E-state index is 12.6. The number of rotatable bonds is 5. The van der Waals surface area contributed by atoms with Crippen LogP contribution in [0.1, 0.15) is 30.1 Å². The summed E-state index contributed by atoms with van der Waals surface area (Å²) in [6.07, 6.45) is 1.32. The summed E-state index contributed by atoms with van der Waals surface area (Å²) < 4.78 is 10.7. The molecular weight excluding hydrogens is 286 g/mol. The average molecular weight is 307 g/mol. The van der Waals surface area contributed by atoms with Gasteiger partial charge in [0.15, 0.2) is 11.5 Å². The van der Waals surface area contributed by atoms with Crippen LogP contribution >= 0.6 is 0 Å². The number of piperidine rings is 1. The highest BCUT2D eigenvalue weighted by atomic mass is 16.5. The van der Waals surface area contributed by atoms with E-state index in [-0.39, 0.29) is 12.5 Å². The number of amides is 1. The summed E-state index contributed by atoms with van der Waals surface area (Å²) in [6.45, 7) is 3.16. The Morgan fingerprint density at radius 2 is 2.14 bits per heavy atom. The molecule has 6 heteroatoms. The Kier molecular flexibility index (Phi) is 5.25. The average Bonchev–Trinajstić information content (AvgIpc) is 2.54. The van der Waals surface area contributed by atoms with Gasteiger partial charge in [-0.3, -0.25) is 9.59 Å². The van der Waals surface area contributed by atoms with Crippen molar-refractivity contribution in [3.05, 3.63) is 23.8 Å². The number of carbonyl (C=O) groups is 2. The highest BCUT2D eigenvalue weighted by molar-refractivity contribution is 5.95. The second-order valence-electron chi connectivity index (χ2n) is 5.23. The lowest BCUT2D eigenvalue weighted by atomic mass is 9.97. The lowest BCUT2D eigenvalue weighted by Crippen LogP contribution is -2.42. The number of methoxy groups -OCH3 is 1. The molecule has 1 atom stereocenters. The molecule has 22 heavy (non-hydrogen) atoms. The van der Waals surface area contributed by atoms with E-state index in [9.17, 15) is 9.59 Å². The molecule has 1 aliphatic rings. The normalized spacial score (nSPS) is 17.9. The molecule has 0 spiro atoms. The summed E-state index contributed by atoms with van der Waals surface area (Å²) in [6, 6.07) is 5.01. The minimum Gasteiger partial charge on any atom is -0.493 e. The standard InChI is InChI=1S/C16H21NO5/c1-3-22-14-9-11(6-7-13(14)21-2)15(18)17-8-4-5-12(10-17)16(19)20/h6-7,9,12H,3-5,8,10H2,1-2H3,(H,19,20). The molecule has 1 aromatic carbocycles. The van der Waals surface area contributed by atoms with Crippen LogP contribution in [0.5, 0.6) is 11.5 Å². The number of likely N-dealkylation sites (tertiary alicyclic amines) is 1. The van der Waals surface area contributed by atoms with Crippen molar-refractivity contribution in [1.82, 2.24) is 4.90 Å². The van der Waals surface area contributed by atoms with Crippen LogP contribution in [0.15, 0.2) is 18.2 Å². The molecule has 1 saturated heterocycles. The Morgan fingerprint density at radius 1 is 1.36 bits per heavy atom. The predicted octanol–water partition coefficient (Wildman–Crippen LogP) is 2.03. The number of benzene rings is 1. The van der Waals surface area contributed by atoms with Gasteiger partial charge in [-0.15, -0.1) is 0 Å². The third-order valence-electron chi connectivity index (χ3n) is 3.77. The number of ether oxygens (including phenoxy) is 2. The van der Waals surface area contributed by atoms with Gasteiger partial charge in [0.1, 0.15) is 0 Å². The summed E-state index contributed by atoms with van der Waals surface area (Å²) in [5, 5.41) is 9.12. The van der Waals surface area contributed by atoms with Crippen molar-refractivity contribution >= 4 is 11.9 Å². The van der Waals surface area contributed by atoms with Crippen LogP contribution in [-0.4, -0.2) is 48.7 Å². The zero-order valence-corrected chi connectivity index (χ0v) is 12.9. The van der Waals surface area contributed by atoms with E-state index in [4.69, 9.17) is 14.6 Å². The number of carboxylic acids is 1. The van der Waals surface area contributed by atoms with E-state index in [0.717, 1.165) is 0 Å². The van der Waals surface area contributed by atoms with E-state index in [2.05, 4.69) is 0 Å². The van der Waals surface area contributed by atoms with Crippen molar-refractivity contribution in [1.29, 1.82) is 0 Å². The number of nitrogens with zero attached hydrogens (tertiary/aromatic N) is 1. The third-order valence-corrected chi connectivity index (χ3v) is 3.77. The summed E-state index contributed by atoms with van der Waals surface area (Å²) in [7, 11) is 1.54. The minimum atomic E-state index is -0.845. The van der Waals surface area contributed by atoms with E-state index in [0.29, 0.717) is 43.1 Å². The van der Waals surface area contributed by atoms with Gasteiger partial charge in [0.2, 0.25) is 0 Å². The molecule has 0 saturated carbocycles. The zero-order valence-electron chi connectivity index (χ0n) is 12.9. The molecule has 120 valence electrons. The number of hydrogen-bond donors (Lipinski definition) is 1. The van der Waals surface area contributed by atoms with E-state index in [1.165, 1.54) is 0 Å². The first-order chi connectivity index (χ1) is 10.6. The third kappa shape index (κ3) is 3.50. The van der Waals surface area contributed by atoms with E-state index < -0.39 is 11.9 Å². The van der Waals surface area contributed by atoms with Crippen LogP contribution < -0.4 is 9.47 Å². The SMILES string of the molecule is CCOc1cc(C(=O)N2CCCC(C(=O)O)C2)ccc1OC.